The van der Waals surface area contributed by atoms with E-state index in [2.05, 4.69) is 56.4 Å². The Hall–Kier alpha value is -2.44. The number of aliphatic hydroxyl groups excluding tert-OH is 2. The molecule has 0 amide bonds. The largest absolute Gasteiger partial charge is 0.462 e. The van der Waals surface area contributed by atoms with E-state index in [1.54, 1.807) is 6.08 Å². The van der Waals surface area contributed by atoms with Gasteiger partial charge < -0.3 is 19.7 Å². The fourth-order valence-corrected chi connectivity index (χ4v) is 5.43. The number of hydrogen-bond donors (Lipinski definition) is 2. The quantitative estimate of drug-likeness (QED) is 0.0296. The maximum atomic E-state index is 12.2. The van der Waals surface area contributed by atoms with Crippen molar-refractivity contribution in [1.82, 2.24) is 0 Å². The molecule has 288 valence electrons. The Kier molecular flexibility index (Phi) is 36.0. The van der Waals surface area contributed by atoms with Gasteiger partial charge >= 0.3 is 11.9 Å². The second-order valence-corrected chi connectivity index (χ2v) is 14.0. The van der Waals surface area contributed by atoms with Gasteiger partial charge in [0.1, 0.15) is 6.61 Å². The maximum absolute atomic E-state index is 12.2. The van der Waals surface area contributed by atoms with Crippen LogP contribution in [0.3, 0.4) is 0 Å². The molecule has 2 atom stereocenters. The van der Waals surface area contributed by atoms with Crippen LogP contribution in [0.4, 0.5) is 0 Å². The number of unbranched alkanes of at least 4 members (excludes halogenated alkanes) is 15. The van der Waals surface area contributed by atoms with Crippen LogP contribution >= 0.6 is 0 Å². The second kappa shape index (κ2) is 37.8. The van der Waals surface area contributed by atoms with Crippen LogP contribution < -0.4 is 0 Å². The molecule has 0 aromatic heterocycles. The average molecular weight is 701 g/mol. The van der Waals surface area contributed by atoms with Gasteiger partial charge in [0.15, 0.2) is 6.10 Å². The van der Waals surface area contributed by atoms with Crippen molar-refractivity contribution in [2.24, 2.45) is 5.92 Å². The van der Waals surface area contributed by atoms with Crippen LogP contribution in [0.15, 0.2) is 60.8 Å². The first kappa shape index (κ1) is 47.6. The maximum Gasteiger partial charge on any atom is 0.306 e. The van der Waals surface area contributed by atoms with Gasteiger partial charge in [0.05, 0.1) is 12.7 Å². The Morgan fingerprint density at radius 2 is 1.08 bits per heavy atom. The lowest BCUT2D eigenvalue weighted by Gasteiger charge is -2.15. The van der Waals surface area contributed by atoms with Crippen LogP contribution in [0.1, 0.15) is 175 Å². The summed E-state index contributed by atoms with van der Waals surface area (Å²) in [4.78, 5) is 24.3. The zero-order chi connectivity index (χ0) is 36.8. The van der Waals surface area contributed by atoms with Crippen molar-refractivity contribution < 1.29 is 29.3 Å². The van der Waals surface area contributed by atoms with E-state index in [1.165, 1.54) is 83.5 Å². The number of allylic oxidation sites excluding steroid dienone is 9. The third kappa shape index (κ3) is 36.8. The molecule has 0 aliphatic rings. The Labute approximate surface area is 307 Å². The van der Waals surface area contributed by atoms with Crippen molar-refractivity contribution in [1.29, 1.82) is 0 Å². The number of carbonyl (C=O) groups is 2. The van der Waals surface area contributed by atoms with E-state index in [1.807, 2.05) is 19.1 Å². The molecule has 0 fully saturated rings. The summed E-state index contributed by atoms with van der Waals surface area (Å²) in [6.07, 6.45) is 45.2. The first-order valence-corrected chi connectivity index (χ1v) is 20.3. The third-order valence-corrected chi connectivity index (χ3v) is 8.66. The van der Waals surface area contributed by atoms with Gasteiger partial charge in [-0.05, 0) is 50.9 Å². The van der Waals surface area contributed by atoms with E-state index >= 15 is 0 Å². The molecule has 0 unspecified atom stereocenters. The Morgan fingerprint density at radius 1 is 0.600 bits per heavy atom. The molecular weight excluding hydrogens is 624 g/mol. The number of aliphatic hydroxyl groups is 2. The van der Waals surface area contributed by atoms with Crippen LogP contribution in [-0.4, -0.2) is 47.6 Å². The van der Waals surface area contributed by atoms with Crippen LogP contribution in [0.2, 0.25) is 0 Å². The monoisotopic (exact) mass is 701 g/mol. The van der Waals surface area contributed by atoms with E-state index in [0.29, 0.717) is 19.3 Å². The standard InChI is InChI=1S/C44H76O6/c1-4-41(46)35-31-27-23-19-15-11-8-9-12-16-20-24-28-32-36-43(47)49-39-42(38-45)50-44(48)37-33-29-25-21-17-13-7-5-6-10-14-18-22-26-30-34-40(2)3/h9,11-12,15,20,23-24,27,31,35,40-42,45-46H,4-8,10,13-14,16-19,21-22,25-26,28-30,32-34,36-39H2,1-3H3/b12-9-,15-11-,24-20-,27-23-,35-31+/t41-,42-/m0/s1. The number of ether oxygens (including phenoxy) is 2. The van der Waals surface area contributed by atoms with Crippen molar-refractivity contribution >= 4 is 11.9 Å². The highest BCUT2D eigenvalue weighted by atomic mass is 16.6. The summed E-state index contributed by atoms with van der Waals surface area (Å²) in [6, 6.07) is 0. The molecular formula is C44H76O6. The third-order valence-electron chi connectivity index (χ3n) is 8.66. The first-order valence-electron chi connectivity index (χ1n) is 20.3. The van der Waals surface area contributed by atoms with Gasteiger partial charge in [-0.2, -0.15) is 0 Å². The molecule has 0 aliphatic carbocycles. The molecule has 0 aliphatic heterocycles. The first-order chi connectivity index (χ1) is 24.4. The topological polar surface area (TPSA) is 93.1 Å². The minimum atomic E-state index is -0.804. The number of rotatable bonds is 35. The Morgan fingerprint density at radius 3 is 1.60 bits per heavy atom. The van der Waals surface area contributed by atoms with E-state index in [9.17, 15) is 19.8 Å². The van der Waals surface area contributed by atoms with Crippen LogP contribution in [0, 0.1) is 5.92 Å². The summed E-state index contributed by atoms with van der Waals surface area (Å²) in [5.74, 6) is 0.170. The van der Waals surface area contributed by atoms with Crippen molar-refractivity contribution in [2.75, 3.05) is 13.2 Å². The number of carbonyl (C=O) groups excluding carboxylic acids is 2. The molecule has 50 heavy (non-hydrogen) atoms. The molecule has 0 aromatic rings. The zero-order valence-electron chi connectivity index (χ0n) is 32.4. The normalized spacial score (nSPS) is 13.6. The van der Waals surface area contributed by atoms with Gasteiger partial charge in [0.25, 0.3) is 0 Å². The van der Waals surface area contributed by atoms with Crippen LogP contribution in [0.5, 0.6) is 0 Å². The van der Waals surface area contributed by atoms with E-state index in [0.717, 1.165) is 57.3 Å². The van der Waals surface area contributed by atoms with Crippen molar-refractivity contribution in [3.05, 3.63) is 60.8 Å². The zero-order valence-corrected chi connectivity index (χ0v) is 32.4. The van der Waals surface area contributed by atoms with Gasteiger partial charge in [-0.25, -0.2) is 0 Å². The summed E-state index contributed by atoms with van der Waals surface area (Å²) in [5, 5.41) is 19.0. The molecule has 0 spiro atoms. The molecule has 6 heteroatoms. The lowest BCUT2D eigenvalue weighted by atomic mass is 10.0. The molecule has 0 radical (unpaired) electrons. The summed E-state index contributed by atoms with van der Waals surface area (Å²) >= 11 is 0. The van der Waals surface area contributed by atoms with E-state index in [-0.39, 0.29) is 31.3 Å². The summed E-state index contributed by atoms with van der Waals surface area (Å²) < 4.78 is 10.6. The summed E-state index contributed by atoms with van der Waals surface area (Å²) in [6.45, 7) is 6.11. The van der Waals surface area contributed by atoms with Crippen molar-refractivity contribution in [2.45, 2.75) is 187 Å². The Bertz CT molecular complexity index is 915. The molecule has 0 bridgehead atoms. The van der Waals surface area contributed by atoms with Crippen molar-refractivity contribution in [3.63, 3.8) is 0 Å². The average Bonchev–Trinajstić information content (AvgIpc) is 3.10. The molecule has 0 saturated heterocycles. The molecule has 2 N–H and O–H groups in total. The van der Waals surface area contributed by atoms with Gasteiger partial charge in [0.2, 0.25) is 0 Å². The van der Waals surface area contributed by atoms with Gasteiger partial charge in [-0.3, -0.25) is 9.59 Å². The number of esters is 2. The highest BCUT2D eigenvalue weighted by Gasteiger charge is 2.16. The fraction of sp³-hybridized carbons (Fsp3) is 0.727. The SMILES string of the molecule is CC[C@H](O)/C=C/C=C\C/C=C\C/C=C\C/C=C\CCCC(=O)OC[C@H](CO)OC(=O)CCCCCCCCCCCCCCCCCC(C)C. The lowest BCUT2D eigenvalue weighted by molar-refractivity contribution is -0.161. The second-order valence-electron chi connectivity index (χ2n) is 14.0. The summed E-state index contributed by atoms with van der Waals surface area (Å²) in [5.41, 5.74) is 0. The molecule has 0 heterocycles. The van der Waals surface area contributed by atoms with E-state index < -0.39 is 6.10 Å². The Balaban J connectivity index is 3.66. The van der Waals surface area contributed by atoms with Crippen molar-refractivity contribution in [3.8, 4) is 0 Å². The van der Waals surface area contributed by atoms with Gasteiger partial charge in [0, 0.05) is 12.8 Å². The van der Waals surface area contributed by atoms with E-state index in [4.69, 9.17) is 9.47 Å². The minimum absolute atomic E-state index is 0.106. The van der Waals surface area contributed by atoms with Gasteiger partial charge in [-0.15, -0.1) is 0 Å². The highest BCUT2D eigenvalue weighted by molar-refractivity contribution is 5.70. The molecule has 0 saturated carbocycles. The summed E-state index contributed by atoms with van der Waals surface area (Å²) in [7, 11) is 0. The predicted molar refractivity (Wildman–Crippen MR) is 211 cm³/mol. The number of hydrogen-bond acceptors (Lipinski definition) is 6. The highest BCUT2D eigenvalue weighted by Crippen LogP contribution is 2.15. The van der Waals surface area contributed by atoms with Gasteiger partial charge in [-0.1, -0.05) is 178 Å². The lowest BCUT2D eigenvalue weighted by Crippen LogP contribution is -2.28. The minimum Gasteiger partial charge on any atom is -0.462 e. The molecule has 6 nitrogen and oxygen atoms in total. The van der Waals surface area contributed by atoms with Crippen LogP contribution in [0.25, 0.3) is 0 Å². The predicted octanol–water partition coefficient (Wildman–Crippen LogP) is 11.6. The van der Waals surface area contributed by atoms with Crippen LogP contribution in [-0.2, 0) is 19.1 Å². The molecule has 0 aromatic carbocycles. The molecule has 0 rings (SSSR count). The smallest absolute Gasteiger partial charge is 0.306 e. The fourth-order valence-electron chi connectivity index (χ4n) is 5.43.